The molecule has 0 fully saturated rings. The highest BCUT2D eigenvalue weighted by molar-refractivity contribution is 7.92. The van der Waals surface area contributed by atoms with Crippen molar-refractivity contribution in [3.8, 4) is 0 Å². The molecule has 0 saturated carbocycles. The van der Waals surface area contributed by atoms with Crippen LogP contribution in [-0.4, -0.2) is 26.6 Å². The number of halogens is 2. The quantitative estimate of drug-likeness (QED) is 0.841. The molecule has 1 amide bonds. The molecule has 0 aliphatic carbocycles. The Labute approximate surface area is 157 Å². The van der Waals surface area contributed by atoms with Gasteiger partial charge in [0.1, 0.15) is 17.2 Å². The number of hydrogen-bond acceptors (Lipinski definition) is 3. The monoisotopic (exact) mass is 394 g/mol. The molecule has 27 heavy (non-hydrogen) atoms. The normalized spacial score (nSPS) is 14.0. The van der Waals surface area contributed by atoms with E-state index in [9.17, 15) is 22.0 Å². The van der Waals surface area contributed by atoms with Gasteiger partial charge in [-0.3, -0.25) is 9.10 Å². The number of carbonyl (C=O) groups excluding carboxylic acids is 1. The summed E-state index contributed by atoms with van der Waals surface area (Å²) >= 11 is 0. The lowest BCUT2D eigenvalue weighted by atomic mass is 10.0. The summed E-state index contributed by atoms with van der Waals surface area (Å²) in [4.78, 5) is 12.2. The third kappa shape index (κ3) is 3.95. The third-order valence-corrected chi connectivity index (χ3v) is 6.38. The molecule has 0 bridgehead atoms. The first-order valence-electron chi connectivity index (χ1n) is 8.72. The molecule has 144 valence electrons. The SMILES string of the molecule is CCCS(=O)(=O)N1CCCc2cc(NC(=O)c3c(F)cccc3F)ccc21. The third-order valence-electron chi connectivity index (χ3n) is 4.40. The number of fused-ring (bicyclic) bond motifs is 1. The largest absolute Gasteiger partial charge is 0.322 e. The van der Waals surface area contributed by atoms with Crippen LogP contribution in [0.4, 0.5) is 20.2 Å². The second kappa shape index (κ2) is 7.64. The summed E-state index contributed by atoms with van der Waals surface area (Å²) in [5, 5.41) is 2.48. The fourth-order valence-corrected chi connectivity index (χ4v) is 4.83. The van der Waals surface area contributed by atoms with Crippen molar-refractivity contribution in [1.82, 2.24) is 0 Å². The van der Waals surface area contributed by atoms with Crippen LogP contribution < -0.4 is 9.62 Å². The average Bonchev–Trinajstić information content (AvgIpc) is 2.60. The van der Waals surface area contributed by atoms with Crippen LogP contribution in [0, 0.1) is 11.6 Å². The number of benzene rings is 2. The molecular weight excluding hydrogens is 374 g/mol. The highest BCUT2D eigenvalue weighted by atomic mass is 32.2. The van der Waals surface area contributed by atoms with Crippen molar-refractivity contribution >= 4 is 27.3 Å². The molecule has 5 nitrogen and oxygen atoms in total. The van der Waals surface area contributed by atoms with Crippen molar-refractivity contribution in [2.45, 2.75) is 26.2 Å². The zero-order chi connectivity index (χ0) is 19.6. The minimum atomic E-state index is -3.39. The van der Waals surface area contributed by atoms with Gasteiger partial charge in [-0.05, 0) is 55.2 Å². The fourth-order valence-electron chi connectivity index (χ4n) is 3.21. The van der Waals surface area contributed by atoms with E-state index in [0.717, 1.165) is 17.7 Å². The Morgan fingerprint density at radius 1 is 1.19 bits per heavy atom. The van der Waals surface area contributed by atoms with Gasteiger partial charge < -0.3 is 5.32 Å². The molecule has 2 aromatic rings. The summed E-state index contributed by atoms with van der Waals surface area (Å²) in [6.07, 6.45) is 1.84. The van der Waals surface area contributed by atoms with Crippen LogP contribution in [0.2, 0.25) is 0 Å². The standard InChI is InChI=1S/C19H20F2N2O3S/c1-2-11-27(25,26)23-10-4-5-13-12-14(8-9-17(13)23)22-19(24)18-15(20)6-3-7-16(18)21/h3,6-9,12H,2,4-5,10-11H2,1H3,(H,22,24). The maximum Gasteiger partial charge on any atom is 0.261 e. The van der Waals surface area contributed by atoms with Gasteiger partial charge in [0.2, 0.25) is 10.0 Å². The molecular formula is C19H20F2N2O3S. The minimum Gasteiger partial charge on any atom is -0.322 e. The van der Waals surface area contributed by atoms with Gasteiger partial charge >= 0.3 is 0 Å². The lowest BCUT2D eigenvalue weighted by Crippen LogP contribution is -2.37. The molecule has 0 unspecified atom stereocenters. The van der Waals surface area contributed by atoms with Gasteiger partial charge in [0.05, 0.1) is 11.4 Å². The van der Waals surface area contributed by atoms with Crippen molar-refractivity contribution in [3.05, 3.63) is 59.2 Å². The van der Waals surface area contributed by atoms with Gasteiger partial charge in [-0.1, -0.05) is 13.0 Å². The smallest absolute Gasteiger partial charge is 0.261 e. The summed E-state index contributed by atoms with van der Waals surface area (Å²) in [6, 6.07) is 8.03. The molecule has 1 N–H and O–H groups in total. The number of sulfonamides is 1. The first-order chi connectivity index (χ1) is 12.8. The maximum atomic E-state index is 13.8. The van der Waals surface area contributed by atoms with Gasteiger partial charge in [0.15, 0.2) is 0 Å². The minimum absolute atomic E-state index is 0.0670. The van der Waals surface area contributed by atoms with Crippen molar-refractivity contribution in [2.75, 3.05) is 21.9 Å². The van der Waals surface area contributed by atoms with Crippen molar-refractivity contribution < 1.29 is 22.0 Å². The van der Waals surface area contributed by atoms with Gasteiger partial charge in [-0.2, -0.15) is 0 Å². The topological polar surface area (TPSA) is 66.5 Å². The van der Waals surface area contributed by atoms with Gasteiger partial charge in [0.25, 0.3) is 5.91 Å². The van der Waals surface area contributed by atoms with Crippen LogP contribution in [0.25, 0.3) is 0 Å². The Hall–Kier alpha value is -2.48. The summed E-state index contributed by atoms with van der Waals surface area (Å²) in [7, 11) is -3.39. The molecule has 1 heterocycles. The summed E-state index contributed by atoms with van der Waals surface area (Å²) in [6.45, 7) is 2.23. The number of rotatable bonds is 5. The van der Waals surface area contributed by atoms with Crippen LogP contribution in [0.15, 0.2) is 36.4 Å². The number of carbonyl (C=O) groups is 1. The Kier molecular flexibility index (Phi) is 5.46. The Morgan fingerprint density at radius 2 is 1.89 bits per heavy atom. The lowest BCUT2D eigenvalue weighted by Gasteiger charge is -2.30. The van der Waals surface area contributed by atoms with E-state index in [-0.39, 0.29) is 5.75 Å². The molecule has 1 aliphatic heterocycles. The fraction of sp³-hybridized carbons (Fsp3) is 0.316. The number of anilines is 2. The second-order valence-corrected chi connectivity index (χ2v) is 8.40. The number of aryl methyl sites for hydroxylation is 1. The van der Waals surface area contributed by atoms with Crippen molar-refractivity contribution in [1.29, 1.82) is 0 Å². The first kappa shape index (κ1) is 19.3. The van der Waals surface area contributed by atoms with Crippen LogP contribution in [-0.2, 0) is 16.4 Å². The lowest BCUT2D eigenvalue weighted by molar-refractivity contribution is 0.101. The van der Waals surface area contributed by atoms with E-state index < -0.39 is 33.1 Å². The molecule has 2 aromatic carbocycles. The highest BCUT2D eigenvalue weighted by Crippen LogP contribution is 2.32. The van der Waals surface area contributed by atoms with E-state index >= 15 is 0 Å². The number of nitrogens with one attached hydrogen (secondary N) is 1. The molecule has 0 radical (unpaired) electrons. The number of nitrogens with zero attached hydrogens (tertiary/aromatic N) is 1. The molecule has 1 aliphatic rings. The molecule has 3 rings (SSSR count). The Balaban J connectivity index is 1.87. The molecule has 8 heteroatoms. The van der Waals surface area contributed by atoms with E-state index in [2.05, 4.69) is 5.32 Å². The molecule has 0 atom stereocenters. The summed E-state index contributed by atoms with van der Waals surface area (Å²) < 4.78 is 53.8. The average molecular weight is 394 g/mol. The van der Waals surface area contributed by atoms with Crippen LogP contribution in [0.3, 0.4) is 0 Å². The van der Waals surface area contributed by atoms with E-state index in [0.29, 0.717) is 37.2 Å². The van der Waals surface area contributed by atoms with Gasteiger partial charge in [0, 0.05) is 12.2 Å². The maximum absolute atomic E-state index is 13.8. The van der Waals surface area contributed by atoms with Crippen molar-refractivity contribution in [3.63, 3.8) is 0 Å². The predicted octanol–water partition coefficient (Wildman–Crippen LogP) is 3.71. The molecule has 0 aromatic heterocycles. The van der Waals surface area contributed by atoms with Crippen molar-refractivity contribution in [2.24, 2.45) is 0 Å². The van der Waals surface area contributed by atoms with Crippen LogP contribution in [0.5, 0.6) is 0 Å². The van der Waals surface area contributed by atoms with E-state index in [1.807, 2.05) is 6.92 Å². The zero-order valence-electron chi connectivity index (χ0n) is 14.8. The van der Waals surface area contributed by atoms with E-state index in [1.165, 1.54) is 16.4 Å². The Bertz CT molecular complexity index is 957. The van der Waals surface area contributed by atoms with Gasteiger partial charge in [-0.15, -0.1) is 0 Å². The van der Waals surface area contributed by atoms with E-state index in [4.69, 9.17) is 0 Å². The van der Waals surface area contributed by atoms with Crippen LogP contribution in [0.1, 0.15) is 35.7 Å². The Morgan fingerprint density at radius 3 is 2.56 bits per heavy atom. The molecule has 0 saturated heterocycles. The highest BCUT2D eigenvalue weighted by Gasteiger charge is 2.27. The predicted molar refractivity (Wildman–Crippen MR) is 100 cm³/mol. The van der Waals surface area contributed by atoms with E-state index in [1.54, 1.807) is 12.1 Å². The summed E-state index contributed by atoms with van der Waals surface area (Å²) in [5.74, 6) is -2.71. The second-order valence-electron chi connectivity index (χ2n) is 6.39. The van der Waals surface area contributed by atoms with Gasteiger partial charge in [-0.25, -0.2) is 17.2 Å². The summed E-state index contributed by atoms with van der Waals surface area (Å²) in [5.41, 5.74) is 1.07. The number of hydrogen-bond donors (Lipinski definition) is 1. The first-order valence-corrected chi connectivity index (χ1v) is 10.3. The zero-order valence-corrected chi connectivity index (χ0v) is 15.7. The number of amides is 1. The van der Waals surface area contributed by atoms with Crippen LogP contribution >= 0.6 is 0 Å². The molecule has 0 spiro atoms.